The molecule has 0 aliphatic heterocycles. The first-order valence-electron chi connectivity index (χ1n) is 9.67. The molecule has 27 heavy (non-hydrogen) atoms. The number of ether oxygens (including phenoxy) is 1. The van der Waals surface area contributed by atoms with Gasteiger partial charge in [0.1, 0.15) is 5.75 Å². The number of halogens is 1. The van der Waals surface area contributed by atoms with E-state index >= 15 is 0 Å². The Hall–Kier alpha value is -2.04. The molecule has 1 aliphatic carbocycles. The van der Waals surface area contributed by atoms with Crippen LogP contribution in [0.4, 0.5) is 5.69 Å². The van der Waals surface area contributed by atoms with Crippen LogP contribution in [0.1, 0.15) is 25.7 Å². The summed E-state index contributed by atoms with van der Waals surface area (Å²) in [5.41, 5.74) is 2.95. The fraction of sp³-hybridized carbons (Fsp3) is 0.409. The molecule has 0 bridgehead atoms. The predicted octanol–water partition coefficient (Wildman–Crippen LogP) is 5.34. The van der Waals surface area contributed by atoms with E-state index in [4.69, 9.17) is 21.3 Å². The van der Waals surface area contributed by atoms with Crippen molar-refractivity contribution >= 4 is 39.1 Å². The van der Waals surface area contributed by atoms with Gasteiger partial charge in [0.2, 0.25) is 0 Å². The average molecular weight is 384 g/mol. The molecule has 1 fully saturated rings. The summed E-state index contributed by atoms with van der Waals surface area (Å²) in [5.74, 6) is 0.837. The number of hydrogen-bond acceptors (Lipinski definition) is 4. The number of benzene rings is 2. The first kappa shape index (κ1) is 18.3. The number of hydrogen-bond donors (Lipinski definition) is 1. The Morgan fingerprint density at radius 2 is 1.93 bits per heavy atom. The molecule has 3 aromatic rings. The first-order chi connectivity index (χ1) is 13.2. The summed E-state index contributed by atoms with van der Waals surface area (Å²) in [6.45, 7) is 1.91. The Bertz CT molecular complexity index is 953. The Morgan fingerprint density at radius 3 is 2.70 bits per heavy atom. The van der Waals surface area contributed by atoms with E-state index in [1.807, 2.05) is 30.3 Å². The quantitative estimate of drug-likeness (QED) is 0.583. The van der Waals surface area contributed by atoms with E-state index in [0.29, 0.717) is 5.02 Å². The van der Waals surface area contributed by atoms with E-state index in [1.165, 1.54) is 25.7 Å². The lowest BCUT2D eigenvalue weighted by Crippen LogP contribution is -2.33. The molecule has 1 aliphatic rings. The van der Waals surface area contributed by atoms with Crippen LogP contribution < -0.4 is 10.1 Å². The van der Waals surface area contributed by atoms with Gasteiger partial charge in [-0.3, -0.25) is 0 Å². The number of rotatable bonds is 6. The molecular formula is C22H26ClN3O. The van der Waals surface area contributed by atoms with Gasteiger partial charge in [0.25, 0.3) is 0 Å². The molecule has 0 spiro atoms. The van der Waals surface area contributed by atoms with Crippen molar-refractivity contribution in [2.45, 2.75) is 31.7 Å². The van der Waals surface area contributed by atoms with Crippen LogP contribution in [0.3, 0.4) is 0 Å². The van der Waals surface area contributed by atoms with Crippen LogP contribution in [0, 0.1) is 0 Å². The molecular weight excluding hydrogens is 358 g/mol. The van der Waals surface area contributed by atoms with Crippen LogP contribution in [0.15, 0.2) is 36.4 Å². The number of nitrogens with one attached hydrogen (secondary N) is 1. The minimum atomic E-state index is 0.703. The summed E-state index contributed by atoms with van der Waals surface area (Å²) in [7, 11) is 3.93. The summed E-state index contributed by atoms with van der Waals surface area (Å²) >= 11 is 6.20. The molecule has 1 saturated carbocycles. The zero-order valence-electron chi connectivity index (χ0n) is 16.0. The topological polar surface area (TPSA) is 37.4 Å². The molecule has 2 aromatic carbocycles. The van der Waals surface area contributed by atoms with Gasteiger partial charge in [-0.15, -0.1) is 0 Å². The third-order valence-electron chi connectivity index (χ3n) is 5.66. The number of methoxy groups -OCH3 is 1. The number of nitrogens with zero attached hydrogens (tertiary/aromatic N) is 2. The molecule has 4 rings (SSSR count). The summed E-state index contributed by atoms with van der Waals surface area (Å²) in [6.07, 6.45) is 5.38. The van der Waals surface area contributed by atoms with Crippen molar-refractivity contribution in [2.24, 2.45) is 0 Å². The lowest BCUT2D eigenvalue weighted by molar-refractivity contribution is 0.255. The van der Waals surface area contributed by atoms with Gasteiger partial charge in [-0.2, -0.15) is 0 Å². The van der Waals surface area contributed by atoms with Gasteiger partial charge >= 0.3 is 0 Å². The highest BCUT2D eigenvalue weighted by Crippen LogP contribution is 2.34. The van der Waals surface area contributed by atoms with Crippen LogP contribution >= 0.6 is 11.6 Å². The van der Waals surface area contributed by atoms with E-state index < -0.39 is 0 Å². The highest BCUT2D eigenvalue weighted by Gasteiger charge is 2.19. The summed E-state index contributed by atoms with van der Waals surface area (Å²) in [6, 6.07) is 12.6. The molecule has 1 N–H and O–H groups in total. The van der Waals surface area contributed by atoms with Crippen molar-refractivity contribution in [3.05, 3.63) is 41.4 Å². The highest BCUT2D eigenvalue weighted by molar-refractivity contribution is 6.31. The number of likely N-dealkylation sites (N-methyl/N-ethyl adjacent to an activating group) is 1. The summed E-state index contributed by atoms with van der Waals surface area (Å²) < 4.78 is 5.43. The highest BCUT2D eigenvalue weighted by atomic mass is 35.5. The predicted molar refractivity (Wildman–Crippen MR) is 114 cm³/mol. The average Bonchev–Trinajstić information content (AvgIpc) is 3.21. The van der Waals surface area contributed by atoms with Crippen LogP contribution in [-0.4, -0.2) is 43.2 Å². The zero-order chi connectivity index (χ0) is 18.8. The molecule has 1 heterocycles. The number of aromatic nitrogens is 1. The van der Waals surface area contributed by atoms with Crippen molar-refractivity contribution in [1.29, 1.82) is 0 Å². The Kier molecular flexibility index (Phi) is 5.37. The second-order valence-corrected chi connectivity index (χ2v) is 7.81. The van der Waals surface area contributed by atoms with Gasteiger partial charge in [-0.25, -0.2) is 4.98 Å². The molecule has 0 atom stereocenters. The maximum absolute atomic E-state index is 6.20. The maximum Gasteiger partial charge on any atom is 0.119 e. The molecule has 5 heteroatoms. The standard InChI is InChI=1S/C22H26ClN3O/c1-26(16-5-3-4-6-16)12-11-24-22-18-9-7-15(23)13-21(18)25-20-10-8-17(27-2)14-19(20)22/h7-10,13-14,16H,3-6,11-12H2,1-2H3,(H,24,25). The largest absolute Gasteiger partial charge is 0.497 e. The SMILES string of the molecule is COc1ccc2nc3cc(Cl)ccc3c(NCCN(C)C3CCCC3)c2c1. The summed E-state index contributed by atoms with van der Waals surface area (Å²) in [5, 5.41) is 6.54. The number of pyridine rings is 1. The molecule has 0 radical (unpaired) electrons. The fourth-order valence-electron chi connectivity index (χ4n) is 4.10. The molecule has 4 nitrogen and oxygen atoms in total. The van der Waals surface area contributed by atoms with Crippen LogP contribution in [0.25, 0.3) is 21.8 Å². The van der Waals surface area contributed by atoms with Crippen molar-refractivity contribution < 1.29 is 4.74 Å². The summed E-state index contributed by atoms with van der Waals surface area (Å²) in [4.78, 5) is 7.28. The van der Waals surface area contributed by atoms with Gasteiger partial charge in [-0.05, 0) is 56.3 Å². The normalized spacial score (nSPS) is 15.1. The lowest BCUT2D eigenvalue weighted by atomic mass is 10.1. The van der Waals surface area contributed by atoms with Crippen LogP contribution in [0.5, 0.6) is 5.75 Å². The van der Waals surface area contributed by atoms with Crippen molar-refractivity contribution in [3.8, 4) is 5.75 Å². The first-order valence-corrected chi connectivity index (χ1v) is 10.0. The molecule has 0 saturated heterocycles. The number of fused-ring (bicyclic) bond motifs is 2. The Balaban J connectivity index is 1.66. The van der Waals surface area contributed by atoms with E-state index in [-0.39, 0.29) is 0 Å². The van der Waals surface area contributed by atoms with E-state index in [2.05, 4.69) is 23.3 Å². The van der Waals surface area contributed by atoms with Crippen molar-refractivity contribution in [2.75, 3.05) is 32.6 Å². The molecule has 1 aromatic heterocycles. The maximum atomic E-state index is 6.20. The second-order valence-electron chi connectivity index (χ2n) is 7.38. The third kappa shape index (κ3) is 3.83. The smallest absolute Gasteiger partial charge is 0.119 e. The Labute approximate surface area is 165 Å². The molecule has 142 valence electrons. The van der Waals surface area contributed by atoms with Crippen LogP contribution in [-0.2, 0) is 0 Å². The van der Waals surface area contributed by atoms with Gasteiger partial charge in [-0.1, -0.05) is 24.4 Å². The van der Waals surface area contributed by atoms with E-state index in [0.717, 1.165) is 52.4 Å². The van der Waals surface area contributed by atoms with Gasteiger partial charge in [0.15, 0.2) is 0 Å². The van der Waals surface area contributed by atoms with Gasteiger partial charge in [0.05, 0.1) is 23.8 Å². The van der Waals surface area contributed by atoms with Gasteiger partial charge in [0, 0.05) is 34.9 Å². The van der Waals surface area contributed by atoms with Crippen molar-refractivity contribution in [3.63, 3.8) is 0 Å². The zero-order valence-corrected chi connectivity index (χ0v) is 16.7. The minimum Gasteiger partial charge on any atom is -0.497 e. The lowest BCUT2D eigenvalue weighted by Gasteiger charge is -2.24. The Morgan fingerprint density at radius 1 is 1.11 bits per heavy atom. The monoisotopic (exact) mass is 383 g/mol. The van der Waals surface area contributed by atoms with Crippen molar-refractivity contribution in [1.82, 2.24) is 9.88 Å². The van der Waals surface area contributed by atoms with E-state index in [1.54, 1.807) is 7.11 Å². The second kappa shape index (κ2) is 7.91. The minimum absolute atomic E-state index is 0.703. The molecule has 0 amide bonds. The number of anilines is 1. The van der Waals surface area contributed by atoms with Gasteiger partial charge < -0.3 is 15.0 Å². The van der Waals surface area contributed by atoms with Crippen LogP contribution in [0.2, 0.25) is 5.02 Å². The van der Waals surface area contributed by atoms with E-state index in [9.17, 15) is 0 Å². The third-order valence-corrected chi connectivity index (χ3v) is 5.89. The fourth-order valence-corrected chi connectivity index (χ4v) is 4.27. The molecule has 0 unspecified atom stereocenters.